The number of carboxylic acids is 1. The molecule has 1 aliphatic rings. The Bertz CT molecular complexity index is 475. The lowest BCUT2D eigenvalue weighted by Crippen LogP contribution is -2.39. The van der Waals surface area contributed by atoms with Crippen molar-refractivity contribution in [3.8, 4) is 0 Å². The number of urea groups is 1. The molecule has 20 heavy (non-hydrogen) atoms. The van der Waals surface area contributed by atoms with Gasteiger partial charge >= 0.3 is 12.0 Å². The second-order valence-corrected chi connectivity index (χ2v) is 5.21. The molecular weight excluding hydrogens is 256 g/mol. The molecule has 0 spiro atoms. The molecule has 1 aromatic carbocycles. The molecule has 5 nitrogen and oxygen atoms in total. The van der Waals surface area contributed by atoms with Crippen LogP contribution < -0.4 is 4.90 Å². The summed E-state index contributed by atoms with van der Waals surface area (Å²) in [4.78, 5) is 26.4. The van der Waals surface area contributed by atoms with Crippen molar-refractivity contribution in [2.24, 2.45) is 5.92 Å². The molecule has 108 valence electrons. The van der Waals surface area contributed by atoms with Crippen LogP contribution >= 0.6 is 0 Å². The van der Waals surface area contributed by atoms with Crippen molar-refractivity contribution in [1.29, 1.82) is 0 Å². The van der Waals surface area contributed by atoms with Crippen LogP contribution in [0.5, 0.6) is 0 Å². The third-order valence-corrected chi connectivity index (χ3v) is 3.75. The van der Waals surface area contributed by atoms with Crippen molar-refractivity contribution >= 4 is 17.7 Å². The van der Waals surface area contributed by atoms with Crippen molar-refractivity contribution in [3.63, 3.8) is 0 Å². The number of hydrogen-bond acceptors (Lipinski definition) is 2. The molecule has 2 rings (SSSR count). The van der Waals surface area contributed by atoms with Crippen LogP contribution in [0, 0.1) is 5.92 Å². The van der Waals surface area contributed by atoms with E-state index in [1.807, 2.05) is 30.3 Å². The minimum absolute atomic E-state index is 0.0194. The van der Waals surface area contributed by atoms with Gasteiger partial charge in [0.2, 0.25) is 0 Å². The highest BCUT2D eigenvalue weighted by Gasteiger charge is 2.28. The van der Waals surface area contributed by atoms with Gasteiger partial charge in [-0.05, 0) is 30.9 Å². The average Bonchev–Trinajstić information content (AvgIpc) is 2.93. The normalized spacial score (nSPS) is 18.1. The molecule has 1 atom stereocenters. The Morgan fingerprint density at radius 2 is 2.05 bits per heavy atom. The summed E-state index contributed by atoms with van der Waals surface area (Å²) in [5.74, 6) is -0.463. The van der Waals surface area contributed by atoms with Crippen LogP contribution in [0.4, 0.5) is 10.5 Å². The van der Waals surface area contributed by atoms with E-state index in [2.05, 4.69) is 0 Å². The molecule has 1 heterocycles. The van der Waals surface area contributed by atoms with Crippen molar-refractivity contribution in [1.82, 2.24) is 4.90 Å². The number of carbonyl (C=O) groups excluding carboxylic acids is 1. The molecule has 1 aliphatic heterocycles. The number of amides is 2. The van der Waals surface area contributed by atoms with E-state index >= 15 is 0 Å². The number of carbonyl (C=O) groups is 2. The highest BCUT2D eigenvalue weighted by molar-refractivity contribution is 5.91. The lowest BCUT2D eigenvalue weighted by Gasteiger charge is -2.24. The minimum Gasteiger partial charge on any atom is -0.481 e. The topological polar surface area (TPSA) is 60.9 Å². The number of benzene rings is 1. The standard InChI is InChI=1S/C15H20N2O3/c1-16(13-5-3-2-4-6-13)15(20)17-10-9-12(11-17)7-8-14(18)19/h2-6,12H,7-11H2,1H3,(H,18,19). The first kappa shape index (κ1) is 14.4. The van der Waals surface area contributed by atoms with E-state index in [1.165, 1.54) is 0 Å². The molecule has 1 aromatic rings. The molecule has 5 heteroatoms. The van der Waals surface area contributed by atoms with Crippen molar-refractivity contribution in [2.45, 2.75) is 19.3 Å². The van der Waals surface area contributed by atoms with Crippen molar-refractivity contribution < 1.29 is 14.7 Å². The van der Waals surface area contributed by atoms with Crippen LogP contribution in [-0.2, 0) is 4.79 Å². The number of hydrogen-bond donors (Lipinski definition) is 1. The highest BCUT2D eigenvalue weighted by Crippen LogP contribution is 2.23. The molecule has 0 aromatic heterocycles. The molecule has 0 saturated carbocycles. The summed E-state index contributed by atoms with van der Waals surface area (Å²) in [7, 11) is 1.77. The Morgan fingerprint density at radius 1 is 1.35 bits per heavy atom. The maximum absolute atomic E-state index is 12.4. The molecule has 0 aliphatic carbocycles. The van der Waals surface area contributed by atoms with Crippen LogP contribution in [0.25, 0.3) is 0 Å². The number of rotatable bonds is 4. The van der Waals surface area contributed by atoms with Gasteiger partial charge in [0.05, 0.1) is 0 Å². The molecule has 1 unspecified atom stereocenters. The highest BCUT2D eigenvalue weighted by atomic mass is 16.4. The number of aliphatic carboxylic acids is 1. The number of likely N-dealkylation sites (tertiary alicyclic amines) is 1. The predicted molar refractivity (Wildman–Crippen MR) is 76.8 cm³/mol. The second kappa shape index (κ2) is 6.41. The second-order valence-electron chi connectivity index (χ2n) is 5.21. The van der Waals surface area contributed by atoms with Crippen LogP contribution in [0.3, 0.4) is 0 Å². The van der Waals surface area contributed by atoms with Crippen LogP contribution in [0.2, 0.25) is 0 Å². The van der Waals surface area contributed by atoms with Gasteiger partial charge in [0.25, 0.3) is 0 Å². The number of para-hydroxylation sites is 1. The molecular formula is C15H20N2O3. The number of anilines is 1. The van der Waals surface area contributed by atoms with Gasteiger partial charge < -0.3 is 10.0 Å². The van der Waals surface area contributed by atoms with Crippen molar-refractivity contribution in [3.05, 3.63) is 30.3 Å². The average molecular weight is 276 g/mol. The van der Waals surface area contributed by atoms with Gasteiger partial charge in [-0.1, -0.05) is 18.2 Å². The van der Waals surface area contributed by atoms with E-state index < -0.39 is 5.97 Å². The summed E-state index contributed by atoms with van der Waals surface area (Å²) < 4.78 is 0. The van der Waals surface area contributed by atoms with E-state index in [4.69, 9.17) is 5.11 Å². The van der Waals surface area contributed by atoms with E-state index in [0.717, 1.165) is 12.1 Å². The van der Waals surface area contributed by atoms with E-state index in [0.29, 0.717) is 25.4 Å². The number of carboxylic acid groups (broad SMARTS) is 1. The fourth-order valence-electron chi connectivity index (χ4n) is 2.54. The Morgan fingerprint density at radius 3 is 2.70 bits per heavy atom. The van der Waals surface area contributed by atoms with Gasteiger partial charge in [-0.15, -0.1) is 0 Å². The molecule has 1 fully saturated rings. The van der Waals surface area contributed by atoms with E-state index in [-0.39, 0.29) is 12.5 Å². The Kier molecular flexibility index (Phi) is 4.61. The molecule has 2 amide bonds. The SMILES string of the molecule is CN(C(=O)N1CCC(CCC(=O)O)C1)c1ccccc1. The quantitative estimate of drug-likeness (QED) is 0.918. The van der Waals surface area contributed by atoms with E-state index in [1.54, 1.807) is 16.8 Å². The van der Waals surface area contributed by atoms with Crippen molar-refractivity contribution in [2.75, 3.05) is 25.0 Å². The van der Waals surface area contributed by atoms with Crippen LogP contribution in [-0.4, -0.2) is 42.1 Å². The van der Waals surface area contributed by atoms with Gasteiger partial charge in [-0.25, -0.2) is 4.79 Å². The monoisotopic (exact) mass is 276 g/mol. The van der Waals surface area contributed by atoms with Gasteiger partial charge in [0, 0.05) is 32.2 Å². The summed E-state index contributed by atoms with van der Waals surface area (Å²) in [6.45, 7) is 1.36. The van der Waals surface area contributed by atoms with Gasteiger partial charge in [0.1, 0.15) is 0 Å². The largest absolute Gasteiger partial charge is 0.481 e. The third kappa shape index (κ3) is 3.50. The fourth-order valence-corrected chi connectivity index (χ4v) is 2.54. The molecule has 1 N–H and O–H groups in total. The van der Waals surface area contributed by atoms with Gasteiger partial charge in [-0.2, -0.15) is 0 Å². The zero-order valence-corrected chi connectivity index (χ0v) is 11.7. The van der Waals surface area contributed by atoms with Gasteiger partial charge in [-0.3, -0.25) is 9.69 Å². The van der Waals surface area contributed by atoms with Crippen LogP contribution in [0.15, 0.2) is 30.3 Å². The number of nitrogens with zero attached hydrogens (tertiary/aromatic N) is 2. The lowest BCUT2D eigenvalue weighted by atomic mass is 10.0. The minimum atomic E-state index is -0.767. The molecule has 1 saturated heterocycles. The fraction of sp³-hybridized carbons (Fsp3) is 0.467. The first-order valence-electron chi connectivity index (χ1n) is 6.87. The summed E-state index contributed by atoms with van der Waals surface area (Å²) in [6, 6.07) is 9.50. The summed E-state index contributed by atoms with van der Waals surface area (Å²) in [5.41, 5.74) is 0.867. The first-order valence-corrected chi connectivity index (χ1v) is 6.87. The maximum atomic E-state index is 12.4. The summed E-state index contributed by atoms with van der Waals surface area (Å²) in [6.07, 6.45) is 1.72. The Hall–Kier alpha value is -2.04. The summed E-state index contributed by atoms with van der Waals surface area (Å²) in [5, 5.41) is 8.70. The van der Waals surface area contributed by atoms with E-state index in [9.17, 15) is 9.59 Å². The zero-order valence-electron chi connectivity index (χ0n) is 11.7. The molecule has 0 radical (unpaired) electrons. The Labute approximate surface area is 118 Å². The zero-order chi connectivity index (χ0) is 14.5. The predicted octanol–water partition coefficient (Wildman–Crippen LogP) is 2.43. The lowest BCUT2D eigenvalue weighted by molar-refractivity contribution is -0.137. The first-order chi connectivity index (χ1) is 9.58. The summed E-state index contributed by atoms with van der Waals surface area (Å²) >= 11 is 0. The van der Waals surface area contributed by atoms with Gasteiger partial charge in [0.15, 0.2) is 0 Å². The smallest absolute Gasteiger partial charge is 0.324 e. The Balaban J connectivity index is 1.89. The third-order valence-electron chi connectivity index (χ3n) is 3.75. The van der Waals surface area contributed by atoms with Crippen LogP contribution in [0.1, 0.15) is 19.3 Å². The maximum Gasteiger partial charge on any atom is 0.324 e. The molecule has 0 bridgehead atoms.